The van der Waals surface area contributed by atoms with E-state index < -0.39 is 0 Å². The van der Waals surface area contributed by atoms with Gasteiger partial charge >= 0.3 is 0 Å². The number of pyridine rings is 2. The molecule has 6 heteroatoms. The Labute approximate surface area is 182 Å². The van der Waals surface area contributed by atoms with Gasteiger partial charge in [-0.3, -0.25) is 14.9 Å². The highest BCUT2D eigenvalue weighted by molar-refractivity contribution is 5.65. The van der Waals surface area contributed by atoms with Gasteiger partial charge in [-0.25, -0.2) is 9.97 Å². The van der Waals surface area contributed by atoms with Gasteiger partial charge in [-0.05, 0) is 61.3 Å². The Kier molecular flexibility index (Phi) is 5.62. The van der Waals surface area contributed by atoms with Gasteiger partial charge in [-0.2, -0.15) is 0 Å². The molecule has 4 heterocycles. The van der Waals surface area contributed by atoms with Crippen LogP contribution in [0.3, 0.4) is 0 Å². The first kappa shape index (κ1) is 19.3. The van der Waals surface area contributed by atoms with Crippen molar-refractivity contribution in [3.63, 3.8) is 0 Å². The van der Waals surface area contributed by atoms with E-state index >= 15 is 0 Å². The van der Waals surface area contributed by atoms with Gasteiger partial charge in [-0.15, -0.1) is 0 Å². The molecule has 0 amide bonds. The Morgan fingerprint density at radius 1 is 0.871 bits per heavy atom. The maximum absolute atomic E-state index is 4.99. The van der Waals surface area contributed by atoms with Crippen LogP contribution < -0.4 is 5.32 Å². The standard InChI is InChI=1S/C25H24N6/c1-2-5-21(6-3-1)28-24-17-22(20-10-14-27-15-11-20)29-25(30-24)23-7-4-16-31(23)18-19-8-12-26-13-9-19/h1-3,5-6,8-15,17,23H,4,7,16,18H2,(H,28,29,30). The first-order valence-corrected chi connectivity index (χ1v) is 10.6. The van der Waals surface area contributed by atoms with Crippen LogP contribution in [0.1, 0.15) is 30.3 Å². The van der Waals surface area contributed by atoms with Crippen molar-refractivity contribution in [1.82, 2.24) is 24.8 Å². The maximum atomic E-state index is 4.99. The first-order chi connectivity index (χ1) is 15.3. The highest BCUT2D eigenvalue weighted by Gasteiger charge is 2.29. The van der Waals surface area contributed by atoms with Gasteiger partial charge in [0, 0.05) is 48.6 Å². The molecular weight excluding hydrogens is 384 g/mol. The van der Waals surface area contributed by atoms with E-state index in [1.807, 2.05) is 60.9 Å². The highest BCUT2D eigenvalue weighted by atomic mass is 15.2. The van der Waals surface area contributed by atoms with Crippen LogP contribution in [0, 0.1) is 0 Å². The molecule has 1 N–H and O–H groups in total. The minimum atomic E-state index is 0.186. The second-order valence-electron chi connectivity index (χ2n) is 7.71. The van der Waals surface area contributed by atoms with Gasteiger partial charge in [0.15, 0.2) is 0 Å². The van der Waals surface area contributed by atoms with Crippen LogP contribution in [0.4, 0.5) is 11.5 Å². The molecule has 0 bridgehead atoms. The molecule has 4 aromatic rings. The van der Waals surface area contributed by atoms with Crippen molar-refractivity contribution in [3.8, 4) is 11.3 Å². The minimum Gasteiger partial charge on any atom is -0.340 e. The fraction of sp³-hybridized carbons (Fsp3) is 0.200. The number of likely N-dealkylation sites (tertiary alicyclic amines) is 1. The summed E-state index contributed by atoms with van der Waals surface area (Å²) < 4.78 is 0. The van der Waals surface area contributed by atoms with E-state index in [4.69, 9.17) is 9.97 Å². The molecular formula is C25H24N6. The van der Waals surface area contributed by atoms with Gasteiger partial charge in [0.1, 0.15) is 11.6 Å². The largest absolute Gasteiger partial charge is 0.340 e. The molecule has 31 heavy (non-hydrogen) atoms. The van der Waals surface area contributed by atoms with Crippen molar-refractivity contribution in [2.24, 2.45) is 0 Å². The monoisotopic (exact) mass is 408 g/mol. The minimum absolute atomic E-state index is 0.186. The van der Waals surface area contributed by atoms with E-state index in [1.165, 1.54) is 5.56 Å². The van der Waals surface area contributed by atoms with Crippen LogP contribution in [-0.2, 0) is 6.54 Å². The molecule has 1 aliphatic heterocycles. The lowest BCUT2D eigenvalue weighted by molar-refractivity contribution is 0.240. The quantitative estimate of drug-likeness (QED) is 0.483. The zero-order valence-electron chi connectivity index (χ0n) is 17.2. The first-order valence-electron chi connectivity index (χ1n) is 10.6. The molecule has 1 fully saturated rings. The van der Waals surface area contributed by atoms with Crippen LogP contribution in [0.5, 0.6) is 0 Å². The number of benzene rings is 1. The summed E-state index contributed by atoms with van der Waals surface area (Å²) in [5, 5.41) is 3.45. The summed E-state index contributed by atoms with van der Waals surface area (Å²) in [6.45, 7) is 1.91. The second-order valence-corrected chi connectivity index (χ2v) is 7.71. The molecule has 1 unspecified atom stereocenters. The number of nitrogens with one attached hydrogen (secondary N) is 1. The van der Waals surface area contributed by atoms with E-state index in [9.17, 15) is 0 Å². The Morgan fingerprint density at radius 2 is 1.61 bits per heavy atom. The third kappa shape index (κ3) is 4.59. The molecule has 5 rings (SSSR count). The van der Waals surface area contributed by atoms with Gasteiger partial charge in [0.25, 0.3) is 0 Å². The van der Waals surface area contributed by atoms with E-state index in [0.29, 0.717) is 0 Å². The highest BCUT2D eigenvalue weighted by Crippen LogP contribution is 2.33. The van der Waals surface area contributed by atoms with Gasteiger partial charge < -0.3 is 5.32 Å². The van der Waals surface area contributed by atoms with Crippen molar-refractivity contribution < 1.29 is 0 Å². The third-order valence-corrected chi connectivity index (χ3v) is 5.56. The summed E-state index contributed by atoms with van der Waals surface area (Å²) in [4.78, 5) is 20.7. The lowest BCUT2D eigenvalue weighted by atomic mass is 10.1. The number of nitrogens with zero attached hydrogens (tertiary/aromatic N) is 5. The molecule has 0 spiro atoms. The molecule has 1 aromatic carbocycles. The normalized spacial score (nSPS) is 16.3. The topological polar surface area (TPSA) is 66.8 Å². The Balaban J connectivity index is 1.50. The second kappa shape index (κ2) is 9.02. The number of hydrogen-bond donors (Lipinski definition) is 1. The SMILES string of the molecule is c1ccc(Nc2cc(-c3ccncc3)nc(C3CCCN3Cc3ccncc3)n2)cc1. The van der Waals surface area contributed by atoms with E-state index in [-0.39, 0.29) is 6.04 Å². The van der Waals surface area contributed by atoms with Crippen LogP contribution in [0.2, 0.25) is 0 Å². The lowest BCUT2D eigenvalue weighted by Crippen LogP contribution is -2.24. The number of para-hydroxylation sites is 1. The summed E-state index contributed by atoms with van der Waals surface area (Å²) >= 11 is 0. The van der Waals surface area contributed by atoms with Crippen molar-refractivity contribution in [2.75, 3.05) is 11.9 Å². The number of anilines is 2. The molecule has 154 valence electrons. The summed E-state index contributed by atoms with van der Waals surface area (Å²) in [6.07, 6.45) is 9.49. The van der Waals surface area contributed by atoms with E-state index in [2.05, 4.69) is 32.3 Å². The summed E-state index contributed by atoms with van der Waals surface area (Å²) in [6, 6.07) is 20.4. The third-order valence-electron chi connectivity index (χ3n) is 5.56. The Hall–Kier alpha value is -3.64. The van der Waals surface area contributed by atoms with Gasteiger partial charge in [-0.1, -0.05) is 18.2 Å². The summed E-state index contributed by atoms with van der Waals surface area (Å²) in [5.74, 6) is 1.66. The number of hydrogen-bond acceptors (Lipinski definition) is 6. The average molecular weight is 409 g/mol. The predicted octanol–water partition coefficient (Wildman–Crippen LogP) is 5.01. The fourth-order valence-corrected chi connectivity index (χ4v) is 4.05. The number of aromatic nitrogens is 4. The zero-order valence-corrected chi connectivity index (χ0v) is 17.2. The molecule has 1 saturated heterocycles. The van der Waals surface area contributed by atoms with Gasteiger partial charge in [0.05, 0.1) is 11.7 Å². The molecule has 0 aliphatic carbocycles. The van der Waals surface area contributed by atoms with Crippen LogP contribution in [-0.4, -0.2) is 31.4 Å². The molecule has 1 aliphatic rings. The van der Waals surface area contributed by atoms with Crippen LogP contribution in [0.25, 0.3) is 11.3 Å². The van der Waals surface area contributed by atoms with Gasteiger partial charge in [0.2, 0.25) is 0 Å². The number of rotatable bonds is 6. The molecule has 0 radical (unpaired) electrons. The molecule has 1 atom stereocenters. The Bertz CT molecular complexity index is 1120. The smallest absolute Gasteiger partial charge is 0.148 e. The maximum Gasteiger partial charge on any atom is 0.148 e. The summed E-state index contributed by atoms with van der Waals surface area (Å²) in [5.41, 5.74) is 4.21. The molecule has 3 aromatic heterocycles. The van der Waals surface area contributed by atoms with E-state index in [0.717, 1.165) is 54.5 Å². The van der Waals surface area contributed by atoms with Crippen molar-refractivity contribution in [1.29, 1.82) is 0 Å². The van der Waals surface area contributed by atoms with Crippen molar-refractivity contribution in [3.05, 3.63) is 96.8 Å². The molecule has 0 saturated carbocycles. The average Bonchev–Trinajstić information content (AvgIpc) is 3.29. The van der Waals surface area contributed by atoms with Crippen LogP contribution >= 0.6 is 0 Å². The van der Waals surface area contributed by atoms with E-state index in [1.54, 1.807) is 12.4 Å². The van der Waals surface area contributed by atoms with Crippen molar-refractivity contribution >= 4 is 11.5 Å². The van der Waals surface area contributed by atoms with Crippen molar-refractivity contribution in [2.45, 2.75) is 25.4 Å². The zero-order chi connectivity index (χ0) is 20.9. The lowest BCUT2D eigenvalue weighted by Gasteiger charge is -2.24. The predicted molar refractivity (Wildman–Crippen MR) is 122 cm³/mol. The summed E-state index contributed by atoms with van der Waals surface area (Å²) in [7, 11) is 0. The van der Waals surface area contributed by atoms with Crippen LogP contribution in [0.15, 0.2) is 85.5 Å². The fourth-order valence-electron chi connectivity index (χ4n) is 4.05. The molecule has 6 nitrogen and oxygen atoms in total. The Morgan fingerprint density at radius 3 is 2.39 bits per heavy atom.